The first-order chi connectivity index (χ1) is 16.7. The Hall–Kier alpha value is -3.40. The summed E-state index contributed by atoms with van der Waals surface area (Å²) in [5, 5.41) is 14.2. The summed E-state index contributed by atoms with van der Waals surface area (Å²) in [5.41, 5.74) is 11.2. The van der Waals surface area contributed by atoms with Gasteiger partial charge in [0.1, 0.15) is 17.7 Å². The second kappa shape index (κ2) is 7.56. The first kappa shape index (κ1) is 20.0. The first-order valence-electron chi connectivity index (χ1n) is 11.6. The van der Waals surface area contributed by atoms with Gasteiger partial charge in [0, 0.05) is 17.3 Å². The summed E-state index contributed by atoms with van der Waals surface area (Å²) in [6.45, 7) is 0. The zero-order valence-corrected chi connectivity index (χ0v) is 19.2. The zero-order valence-electron chi connectivity index (χ0n) is 18.4. The van der Waals surface area contributed by atoms with Crippen LogP contribution in [0.1, 0.15) is 37.8 Å². The van der Waals surface area contributed by atoms with Crippen LogP contribution in [0.4, 0.5) is 10.2 Å². The Balaban J connectivity index is 1.44. The van der Waals surface area contributed by atoms with Crippen LogP contribution in [0.15, 0.2) is 43.0 Å². The second-order valence-corrected chi connectivity index (χ2v) is 10.3. The van der Waals surface area contributed by atoms with Crippen LogP contribution in [0.2, 0.25) is 0 Å². The maximum atomic E-state index is 15.3. The SMILES string of the molecule is Nc1ncnn2c(-c3cc(F)c4cnn(C5CCSCC5)c4c3)cc(-c3ccnn3C3CC3)c12. The lowest BCUT2D eigenvalue weighted by Crippen LogP contribution is -2.16. The van der Waals surface area contributed by atoms with Crippen molar-refractivity contribution >= 4 is 34.0 Å². The van der Waals surface area contributed by atoms with Crippen molar-refractivity contribution in [3.63, 3.8) is 0 Å². The summed E-state index contributed by atoms with van der Waals surface area (Å²) < 4.78 is 21.1. The number of fused-ring (bicyclic) bond motifs is 2. The molecule has 0 atom stereocenters. The third kappa shape index (κ3) is 3.04. The third-order valence-corrected chi connectivity index (χ3v) is 7.97. The molecule has 34 heavy (non-hydrogen) atoms. The fraction of sp³-hybridized carbons (Fsp3) is 0.333. The quantitative estimate of drug-likeness (QED) is 0.405. The largest absolute Gasteiger partial charge is 0.382 e. The van der Waals surface area contributed by atoms with E-state index in [4.69, 9.17) is 5.73 Å². The minimum atomic E-state index is -0.287. The van der Waals surface area contributed by atoms with E-state index in [0.29, 0.717) is 28.8 Å². The Morgan fingerprint density at radius 2 is 1.76 bits per heavy atom. The molecular weight excluding hydrogens is 451 g/mol. The fourth-order valence-electron chi connectivity index (χ4n) is 5.08. The number of nitrogens with two attached hydrogens (primary N) is 1. The van der Waals surface area contributed by atoms with Crippen LogP contribution in [0.5, 0.6) is 0 Å². The molecule has 1 aliphatic heterocycles. The van der Waals surface area contributed by atoms with Gasteiger partial charge in [-0.25, -0.2) is 13.9 Å². The topological polar surface area (TPSA) is 91.8 Å². The molecule has 1 aliphatic carbocycles. The number of hydrogen-bond acceptors (Lipinski definition) is 6. The molecule has 0 radical (unpaired) electrons. The van der Waals surface area contributed by atoms with E-state index in [-0.39, 0.29) is 5.82 Å². The van der Waals surface area contributed by atoms with Crippen LogP contribution in [0, 0.1) is 5.82 Å². The molecule has 1 saturated heterocycles. The Morgan fingerprint density at radius 1 is 0.941 bits per heavy atom. The van der Waals surface area contributed by atoms with Gasteiger partial charge in [-0.05, 0) is 61.5 Å². The van der Waals surface area contributed by atoms with E-state index in [9.17, 15) is 0 Å². The van der Waals surface area contributed by atoms with Crippen molar-refractivity contribution in [3.8, 4) is 22.5 Å². The standard InChI is InChI=1S/C24H23FN8S/c25-19-9-14(10-22-18(19)12-29-32(22)16-4-7-34-8-5-16)21-11-17(23-24(26)27-13-30-33(21)23)20-3-6-28-31(20)15-1-2-15/h3,6,9-13,15-16H,1-2,4-5,7-8H2,(H2,26,27,30). The van der Waals surface area contributed by atoms with Crippen LogP contribution >= 0.6 is 11.8 Å². The number of nitrogens with zero attached hydrogens (tertiary/aromatic N) is 7. The molecule has 0 bridgehead atoms. The second-order valence-electron chi connectivity index (χ2n) is 9.06. The molecule has 1 saturated carbocycles. The summed E-state index contributed by atoms with van der Waals surface area (Å²) in [5.74, 6) is 2.30. The number of thioether (sulfide) groups is 1. The molecule has 2 fully saturated rings. The lowest BCUT2D eigenvalue weighted by molar-refractivity contribution is 0.439. The van der Waals surface area contributed by atoms with E-state index in [0.717, 1.165) is 65.2 Å². The molecule has 4 aromatic heterocycles. The van der Waals surface area contributed by atoms with Crippen LogP contribution in [0.3, 0.4) is 0 Å². The van der Waals surface area contributed by atoms with Gasteiger partial charge in [0.15, 0.2) is 5.82 Å². The highest BCUT2D eigenvalue weighted by Crippen LogP contribution is 2.41. The zero-order chi connectivity index (χ0) is 22.8. The lowest BCUT2D eigenvalue weighted by Gasteiger charge is -2.22. The van der Waals surface area contributed by atoms with Gasteiger partial charge >= 0.3 is 0 Å². The van der Waals surface area contributed by atoms with Gasteiger partial charge in [-0.1, -0.05) is 0 Å². The van der Waals surface area contributed by atoms with Gasteiger partial charge in [0.25, 0.3) is 0 Å². The van der Waals surface area contributed by atoms with Crippen LogP contribution in [-0.2, 0) is 0 Å². The minimum absolute atomic E-state index is 0.287. The van der Waals surface area contributed by atoms with E-state index < -0.39 is 0 Å². The fourth-order valence-corrected chi connectivity index (χ4v) is 6.16. The van der Waals surface area contributed by atoms with Crippen LogP contribution in [0.25, 0.3) is 38.9 Å². The molecule has 0 unspecified atom stereocenters. The van der Waals surface area contributed by atoms with Gasteiger partial charge < -0.3 is 5.73 Å². The summed E-state index contributed by atoms with van der Waals surface area (Å²) in [4.78, 5) is 4.24. The normalized spacial score (nSPS) is 17.2. The molecule has 172 valence electrons. The molecule has 5 aromatic rings. The monoisotopic (exact) mass is 474 g/mol. The first-order valence-corrected chi connectivity index (χ1v) is 12.8. The van der Waals surface area contributed by atoms with Crippen molar-refractivity contribution in [2.75, 3.05) is 17.2 Å². The smallest absolute Gasteiger partial charge is 0.152 e. The van der Waals surface area contributed by atoms with Crippen molar-refractivity contribution in [1.82, 2.24) is 34.2 Å². The van der Waals surface area contributed by atoms with Crippen molar-refractivity contribution in [2.24, 2.45) is 0 Å². The molecule has 1 aromatic carbocycles. The van der Waals surface area contributed by atoms with Gasteiger partial charge in [0.2, 0.25) is 0 Å². The highest BCUT2D eigenvalue weighted by Gasteiger charge is 2.29. The number of halogens is 1. The molecule has 0 amide bonds. The van der Waals surface area contributed by atoms with Gasteiger partial charge in [-0.3, -0.25) is 9.36 Å². The molecule has 2 N–H and O–H groups in total. The van der Waals surface area contributed by atoms with Crippen molar-refractivity contribution < 1.29 is 4.39 Å². The number of rotatable bonds is 4. The van der Waals surface area contributed by atoms with Crippen molar-refractivity contribution in [1.29, 1.82) is 0 Å². The maximum absolute atomic E-state index is 15.3. The molecule has 7 rings (SSSR count). The highest BCUT2D eigenvalue weighted by atomic mass is 32.2. The van der Waals surface area contributed by atoms with Crippen LogP contribution in [-0.4, -0.2) is 45.7 Å². The van der Waals surface area contributed by atoms with Crippen molar-refractivity contribution in [3.05, 3.63) is 48.8 Å². The Kier molecular flexibility index (Phi) is 4.45. The predicted octanol–water partition coefficient (Wildman–Crippen LogP) is 4.73. The van der Waals surface area contributed by atoms with E-state index in [1.807, 2.05) is 45.5 Å². The molecular formula is C24H23FN8S. The highest BCUT2D eigenvalue weighted by molar-refractivity contribution is 7.99. The average Bonchev–Trinajstić information content (AvgIpc) is 3.26. The average molecular weight is 475 g/mol. The van der Waals surface area contributed by atoms with E-state index >= 15 is 4.39 Å². The summed E-state index contributed by atoms with van der Waals surface area (Å²) in [6.07, 6.45) is 9.21. The van der Waals surface area contributed by atoms with E-state index in [2.05, 4.69) is 20.3 Å². The van der Waals surface area contributed by atoms with Gasteiger partial charge in [-0.15, -0.1) is 0 Å². The number of benzene rings is 1. The summed E-state index contributed by atoms with van der Waals surface area (Å²) in [7, 11) is 0. The van der Waals surface area contributed by atoms with Crippen LogP contribution < -0.4 is 5.73 Å². The number of aromatic nitrogens is 7. The van der Waals surface area contributed by atoms with E-state index in [1.54, 1.807) is 16.8 Å². The summed E-state index contributed by atoms with van der Waals surface area (Å²) in [6, 6.07) is 8.30. The lowest BCUT2D eigenvalue weighted by atomic mass is 10.1. The number of anilines is 1. The van der Waals surface area contributed by atoms with E-state index in [1.165, 1.54) is 6.33 Å². The maximum Gasteiger partial charge on any atom is 0.152 e. The third-order valence-electron chi connectivity index (χ3n) is 6.92. The number of nitrogen functional groups attached to an aromatic ring is 1. The van der Waals surface area contributed by atoms with Gasteiger partial charge in [-0.2, -0.15) is 27.1 Å². The Morgan fingerprint density at radius 3 is 2.59 bits per heavy atom. The number of hydrogen-bond donors (Lipinski definition) is 1. The predicted molar refractivity (Wildman–Crippen MR) is 131 cm³/mol. The van der Waals surface area contributed by atoms with Gasteiger partial charge in [0.05, 0.1) is 40.6 Å². The summed E-state index contributed by atoms with van der Waals surface area (Å²) >= 11 is 1.96. The molecule has 10 heteroatoms. The Bertz CT molecular complexity index is 1540. The molecule has 0 spiro atoms. The Labute approximate surface area is 199 Å². The molecule has 8 nitrogen and oxygen atoms in total. The van der Waals surface area contributed by atoms with Crippen molar-refractivity contribution in [2.45, 2.75) is 37.8 Å². The molecule has 2 aliphatic rings. The minimum Gasteiger partial charge on any atom is -0.382 e. The molecule has 5 heterocycles.